The van der Waals surface area contributed by atoms with E-state index in [0.717, 1.165) is 13.8 Å². The van der Waals surface area contributed by atoms with E-state index >= 15 is 0 Å². The Morgan fingerprint density at radius 3 is 1.89 bits per heavy atom. The topological polar surface area (TPSA) is 83.0 Å². The van der Waals surface area contributed by atoms with Crippen LogP contribution in [0.25, 0.3) is 5.57 Å². The maximum absolute atomic E-state index is 14.4. The van der Waals surface area contributed by atoms with Crippen LogP contribution in [-0.4, -0.2) is 50.6 Å². The van der Waals surface area contributed by atoms with Gasteiger partial charge in [-0.2, -0.15) is 41.3 Å². The van der Waals surface area contributed by atoms with Gasteiger partial charge >= 0.3 is 12.4 Å². The molecule has 1 aliphatic carbocycles. The summed E-state index contributed by atoms with van der Waals surface area (Å²) in [6.07, 6.45) is -12.2. The largest absolute Gasteiger partial charge is 0.408 e. The van der Waals surface area contributed by atoms with E-state index in [9.17, 15) is 35.8 Å². The number of nitrogens with one attached hydrogen (secondary N) is 2. The van der Waals surface area contributed by atoms with Crippen molar-refractivity contribution in [2.45, 2.75) is 63.6 Å². The van der Waals surface area contributed by atoms with Gasteiger partial charge < -0.3 is 15.7 Å². The van der Waals surface area contributed by atoms with E-state index in [1.165, 1.54) is 0 Å². The van der Waals surface area contributed by atoms with Gasteiger partial charge in [0.25, 0.3) is 0 Å². The lowest BCUT2D eigenvalue weighted by molar-refractivity contribution is -0.139. The maximum atomic E-state index is 14.4. The third-order valence-corrected chi connectivity index (χ3v) is 3.94. The molecule has 0 saturated carbocycles. The molecule has 3 N–H and O–H groups in total. The van der Waals surface area contributed by atoms with E-state index in [2.05, 4.69) is 15.0 Å². The monoisotopic (exact) mass is 418 g/mol. The van der Waals surface area contributed by atoms with Gasteiger partial charge in [-0.3, -0.25) is 0 Å². The first-order valence-electron chi connectivity index (χ1n) is 8.65. The van der Waals surface area contributed by atoms with Gasteiger partial charge in [-0.25, -0.2) is 4.39 Å². The summed E-state index contributed by atoms with van der Waals surface area (Å²) in [6, 6.07) is -4.33. The Labute approximate surface area is 156 Å². The van der Waals surface area contributed by atoms with Crippen molar-refractivity contribution in [1.82, 2.24) is 15.0 Å². The molecule has 3 atom stereocenters. The number of allylic oxidation sites excluding steroid dienone is 1. The number of rotatable bonds is 5. The first kappa shape index (κ1) is 20.6. The van der Waals surface area contributed by atoms with Crippen LogP contribution in [0.2, 0.25) is 0 Å². The van der Waals surface area contributed by atoms with E-state index in [0.29, 0.717) is 0 Å². The maximum Gasteiger partial charge on any atom is 0.408 e. The minimum absolute atomic E-state index is 0.0699. The van der Waals surface area contributed by atoms with Crippen LogP contribution in [0, 0.1) is 0 Å². The molecule has 0 aromatic carbocycles. The van der Waals surface area contributed by atoms with E-state index in [1.54, 1.807) is 0 Å². The lowest BCUT2D eigenvalue weighted by atomic mass is 9.96. The Balaban J connectivity index is 2.50. The normalized spacial score (nSPS) is 23.9. The second kappa shape index (κ2) is 8.05. The average molecular weight is 418 g/mol. The van der Waals surface area contributed by atoms with Gasteiger partial charge in [0.2, 0.25) is 11.9 Å². The van der Waals surface area contributed by atoms with Crippen LogP contribution in [0.4, 0.5) is 42.6 Å². The second-order valence-electron chi connectivity index (χ2n) is 6.21. The molecule has 0 radical (unpaired) electrons. The Hall–Kier alpha value is -2.18. The molecule has 1 aliphatic rings. The smallest absolute Gasteiger partial charge is 0.386 e. The summed E-state index contributed by atoms with van der Waals surface area (Å²) in [5, 5.41) is 13.5. The van der Waals surface area contributed by atoms with Crippen molar-refractivity contribution >= 4 is 17.5 Å². The van der Waals surface area contributed by atoms with Crippen LogP contribution in [0.1, 0.15) is 40.3 Å². The lowest BCUT2D eigenvalue weighted by Gasteiger charge is -2.22. The molecule has 1 heterocycles. The zero-order valence-electron chi connectivity index (χ0n) is 15.7. The third kappa shape index (κ3) is 5.42. The molecule has 1 aromatic heterocycles. The quantitative estimate of drug-likeness (QED) is 0.631. The van der Waals surface area contributed by atoms with Crippen LogP contribution >= 0.6 is 0 Å². The van der Waals surface area contributed by atoms with Crippen molar-refractivity contribution in [2.75, 3.05) is 10.6 Å². The highest BCUT2D eigenvalue weighted by molar-refractivity contribution is 5.65. The summed E-state index contributed by atoms with van der Waals surface area (Å²) in [5.74, 6) is -3.37. The lowest BCUT2D eigenvalue weighted by Crippen LogP contribution is -2.35. The van der Waals surface area contributed by atoms with Gasteiger partial charge in [0.15, 0.2) is 5.82 Å². The molecule has 2 rings (SSSR count). The van der Waals surface area contributed by atoms with Crippen molar-refractivity contribution in [3.63, 3.8) is 0 Å². The minimum atomic E-state index is -4.71. The average Bonchev–Trinajstić information content (AvgIpc) is 2.55. The molecule has 158 valence electrons. The van der Waals surface area contributed by atoms with Crippen molar-refractivity contribution in [3.8, 4) is 0 Å². The highest BCUT2D eigenvalue weighted by Gasteiger charge is 2.38. The first-order valence-corrected chi connectivity index (χ1v) is 8.15. The summed E-state index contributed by atoms with van der Waals surface area (Å²) >= 11 is 0. The zero-order valence-corrected chi connectivity index (χ0v) is 14.7. The summed E-state index contributed by atoms with van der Waals surface area (Å²) in [4.78, 5) is 10.8. The number of aliphatic hydroxyl groups is 1. The molecule has 1 aromatic rings. The fourth-order valence-electron chi connectivity index (χ4n) is 2.23. The molecule has 0 bridgehead atoms. The van der Waals surface area contributed by atoms with Crippen molar-refractivity contribution in [2.24, 2.45) is 0 Å². The first-order chi connectivity index (χ1) is 13.1. The Morgan fingerprint density at radius 2 is 1.46 bits per heavy atom. The predicted molar refractivity (Wildman–Crippen MR) is 86.0 cm³/mol. The number of halogens is 7. The zero-order chi connectivity index (χ0) is 22.2. The van der Waals surface area contributed by atoms with Crippen LogP contribution in [0.3, 0.4) is 0 Å². The molecule has 13 heteroatoms. The predicted octanol–water partition coefficient (Wildman–Crippen LogP) is 3.82. The SMILES string of the molecule is [2H]C1(O)CCCC(c2nc(N[C@H](C)C(F)(F)F)nc(N[C@H](C)C(F)(F)F)n2)=C1F. The van der Waals surface area contributed by atoms with Gasteiger partial charge in [-0.05, 0) is 33.1 Å². The number of anilines is 2. The summed E-state index contributed by atoms with van der Waals surface area (Å²) in [7, 11) is 0. The molecule has 1 unspecified atom stereocenters. The standard InChI is InChI=1S/C15H18F7N5O/c1-6(14(17,18)19)23-12-25-11(8-4-3-5-9(28)10(8)16)26-13(27-12)24-7(2)15(20,21)22/h6-7,9,28H,3-5H2,1-2H3,(H2,23,24,25,26,27)/t6-,7-,9?/m1/s1/i9D. The number of nitrogens with zero attached hydrogens (tertiary/aromatic N) is 3. The Bertz CT molecular complexity index is 741. The fourth-order valence-corrected chi connectivity index (χ4v) is 2.23. The molecule has 0 saturated heterocycles. The van der Waals surface area contributed by atoms with Crippen LogP contribution in [0.15, 0.2) is 5.83 Å². The van der Waals surface area contributed by atoms with Gasteiger partial charge in [0, 0.05) is 5.57 Å². The Morgan fingerprint density at radius 1 is 1.00 bits per heavy atom. The van der Waals surface area contributed by atoms with Gasteiger partial charge in [-0.15, -0.1) is 0 Å². The van der Waals surface area contributed by atoms with Gasteiger partial charge in [0.1, 0.15) is 24.0 Å². The molecular weight excluding hydrogens is 399 g/mol. The van der Waals surface area contributed by atoms with Gasteiger partial charge in [0.05, 0.1) is 1.37 Å². The number of alkyl halides is 6. The third-order valence-electron chi connectivity index (χ3n) is 3.94. The molecule has 0 fully saturated rings. The van der Waals surface area contributed by atoms with E-state index in [1.807, 2.05) is 10.6 Å². The van der Waals surface area contributed by atoms with Crippen LogP contribution in [0.5, 0.6) is 0 Å². The van der Waals surface area contributed by atoms with Crippen molar-refractivity contribution in [3.05, 3.63) is 11.7 Å². The van der Waals surface area contributed by atoms with Crippen LogP contribution < -0.4 is 10.6 Å². The molecular formula is C15H18F7N5O. The van der Waals surface area contributed by atoms with Gasteiger partial charge in [-0.1, -0.05) is 0 Å². The van der Waals surface area contributed by atoms with Crippen molar-refractivity contribution in [1.29, 1.82) is 0 Å². The molecule has 6 nitrogen and oxygen atoms in total. The highest BCUT2D eigenvalue weighted by atomic mass is 19.4. The second-order valence-corrected chi connectivity index (χ2v) is 6.21. The number of hydrogen-bond acceptors (Lipinski definition) is 6. The number of hydrogen-bond donors (Lipinski definition) is 3. The Kier molecular flexibility index (Phi) is 5.91. The van der Waals surface area contributed by atoms with E-state index in [-0.39, 0.29) is 24.8 Å². The van der Waals surface area contributed by atoms with E-state index in [4.69, 9.17) is 1.37 Å². The summed E-state index contributed by atoms with van der Waals surface area (Å²) < 4.78 is 98.7. The van der Waals surface area contributed by atoms with E-state index < -0.39 is 54.1 Å². The molecule has 0 spiro atoms. The molecule has 0 amide bonds. The van der Waals surface area contributed by atoms with Crippen molar-refractivity contribution < 1.29 is 37.2 Å². The highest BCUT2D eigenvalue weighted by Crippen LogP contribution is 2.33. The fraction of sp³-hybridized carbons (Fsp3) is 0.667. The molecule has 0 aliphatic heterocycles. The summed E-state index contributed by atoms with van der Waals surface area (Å²) in [6.45, 7) is 1.47. The number of aromatic nitrogens is 3. The minimum Gasteiger partial charge on any atom is -0.386 e. The summed E-state index contributed by atoms with van der Waals surface area (Å²) in [5.41, 5.74) is -0.387. The molecule has 28 heavy (non-hydrogen) atoms. The van der Waals surface area contributed by atoms with Crippen LogP contribution in [-0.2, 0) is 0 Å².